The van der Waals surface area contributed by atoms with Gasteiger partial charge >= 0.3 is 5.82 Å². The van der Waals surface area contributed by atoms with E-state index in [2.05, 4.69) is 118 Å². The van der Waals surface area contributed by atoms with E-state index in [4.69, 9.17) is 14.5 Å². The van der Waals surface area contributed by atoms with Crippen molar-refractivity contribution in [3.63, 3.8) is 0 Å². The highest BCUT2D eigenvalue weighted by Gasteiger charge is 2.33. The zero-order valence-corrected chi connectivity index (χ0v) is 28.1. The normalized spacial score (nSPS) is 11.9. The molecule has 6 heteroatoms. The summed E-state index contributed by atoms with van der Waals surface area (Å²) in [5, 5.41) is 18.1. The van der Waals surface area contributed by atoms with E-state index in [0.717, 1.165) is 83.4 Å². The Bertz CT molecular complexity index is 2960. The van der Waals surface area contributed by atoms with Gasteiger partial charge in [0.25, 0.3) is 0 Å². The number of aliphatic hydroxyl groups excluding tert-OH is 1. The molecular formula is C45H32N3O3+. The number of aromatic nitrogens is 3. The maximum atomic E-state index is 9.98. The minimum Gasteiger partial charge on any atom is -0.497 e. The number of aliphatic hydroxyl groups is 1. The molecule has 0 unspecified atom stereocenters. The van der Waals surface area contributed by atoms with E-state index < -0.39 is 0 Å². The number of methoxy groups -OCH3 is 2. The molecule has 10 rings (SSSR count). The fourth-order valence-corrected chi connectivity index (χ4v) is 8.00. The van der Waals surface area contributed by atoms with Gasteiger partial charge in [0.1, 0.15) is 33.7 Å². The molecule has 2 aromatic heterocycles. The molecule has 244 valence electrons. The molecule has 10 aromatic rings. The molecule has 6 nitrogen and oxygen atoms in total. The summed E-state index contributed by atoms with van der Waals surface area (Å²) in [5.74, 6) is 2.53. The lowest BCUT2D eigenvalue weighted by Crippen LogP contribution is -2.36. The molecule has 0 bridgehead atoms. The average Bonchev–Trinajstić information content (AvgIpc) is 3.53. The molecule has 8 aromatic carbocycles. The summed E-state index contributed by atoms with van der Waals surface area (Å²) in [6, 6.07) is 48.7. The van der Waals surface area contributed by atoms with Crippen LogP contribution in [0.4, 0.5) is 0 Å². The number of hydrogen-bond donors (Lipinski definition) is 1. The van der Waals surface area contributed by atoms with Crippen LogP contribution in [0.1, 0.15) is 5.56 Å². The van der Waals surface area contributed by atoms with Crippen LogP contribution >= 0.6 is 0 Å². The number of fused-ring (bicyclic) bond motifs is 5. The van der Waals surface area contributed by atoms with Crippen LogP contribution < -0.4 is 14.0 Å². The smallest absolute Gasteiger partial charge is 0.301 e. The van der Waals surface area contributed by atoms with Gasteiger partial charge in [0.2, 0.25) is 0 Å². The van der Waals surface area contributed by atoms with Crippen molar-refractivity contribution in [3.8, 4) is 34.1 Å². The van der Waals surface area contributed by atoms with Gasteiger partial charge in [-0.25, -0.2) is 4.98 Å². The van der Waals surface area contributed by atoms with Crippen molar-refractivity contribution in [3.05, 3.63) is 145 Å². The minimum absolute atomic E-state index is 0.0277. The summed E-state index contributed by atoms with van der Waals surface area (Å²) in [5.41, 5.74) is 8.77. The molecule has 0 amide bonds. The van der Waals surface area contributed by atoms with Gasteiger partial charge in [-0.1, -0.05) is 78.9 Å². The Hall–Kier alpha value is -6.50. The van der Waals surface area contributed by atoms with E-state index in [1.54, 1.807) is 14.2 Å². The predicted octanol–water partition coefficient (Wildman–Crippen LogP) is 9.68. The molecule has 0 atom stereocenters. The van der Waals surface area contributed by atoms with Crippen molar-refractivity contribution in [2.24, 2.45) is 0 Å². The van der Waals surface area contributed by atoms with Crippen molar-refractivity contribution in [1.29, 1.82) is 0 Å². The standard InChI is InChI=1S/C45H32N3O3/c1-50-32-21-17-30(18-22-32)42-36-25-33(51-2)23-24-38(36)47(31-19-13-27(26-49)14-20-31)45(42)48-39-12-4-3-11-37(39)46-43-34-9-5-7-28-15-16-29-8-6-10-35(44(43)48)41(29)40(28)34/h3-25,49H,26H2,1-2H3/q+1. The Morgan fingerprint density at radius 3 is 2.06 bits per heavy atom. The highest BCUT2D eigenvalue weighted by molar-refractivity contribution is 6.32. The molecule has 0 aliphatic carbocycles. The lowest BCUT2D eigenvalue weighted by molar-refractivity contribution is -0.541. The lowest BCUT2D eigenvalue weighted by Gasteiger charge is -2.17. The quantitative estimate of drug-likeness (QED) is 0.109. The van der Waals surface area contributed by atoms with Crippen LogP contribution in [-0.4, -0.2) is 28.9 Å². The first-order chi connectivity index (χ1) is 25.2. The largest absolute Gasteiger partial charge is 0.497 e. The van der Waals surface area contributed by atoms with Gasteiger partial charge in [-0.05, 0) is 87.9 Å². The molecule has 0 aliphatic heterocycles. The van der Waals surface area contributed by atoms with Crippen molar-refractivity contribution in [2.75, 3.05) is 14.2 Å². The first-order valence-corrected chi connectivity index (χ1v) is 17.0. The van der Waals surface area contributed by atoms with E-state index in [0.29, 0.717) is 0 Å². The number of ether oxygens (including phenoxy) is 2. The second kappa shape index (κ2) is 11.3. The molecule has 0 saturated carbocycles. The number of nitrogens with zero attached hydrogens (tertiary/aromatic N) is 3. The van der Waals surface area contributed by atoms with Crippen LogP contribution in [-0.2, 0) is 6.61 Å². The van der Waals surface area contributed by atoms with Crippen LogP contribution in [0.15, 0.2) is 140 Å². The molecular weight excluding hydrogens is 631 g/mol. The Morgan fingerprint density at radius 2 is 1.33 bits per heavy atom. The van der Waals surface area contributed by atoms with Crippen LogP contribution in [0.25, 0.3) is 87.9 Å². The third kappa shape index (κ3) is 4.27. The van der Waals surface area contributed by atoms with Crippen molar-refractivity contribution in [2.45, 2.75) is 6.61 Å². The minimum atomic E-state index is -0.0277. The van der Waals surface area contributed by atoms with Gasteiger partial charge in [-0.15, -0.1) is 0 Å². The molecule has 2 heterocycles. The maximum Gasteiger partial charge on any atom is 0.301 e. The van der Waals surface area contributed by atoms with E-state index in [1.165, 1.54) is 21.5 Å². The monoisotopic (exact) mass is 662 g/mol. The second-order valence-electron chi connectivity index (χ2n) is 13.0. The molecule has 0 spiro atoms. The Labute approximate surface area is 293 Å². The SMILES string of the molecule is COc1ccc(-c2c(-[n+]3c4ccccc4nc4c5cccc6ccc7cccc(c7c65)c43)n(-c3ccc(CO)cc3)c3ccc(OC)cc23)cc1. The van der Waals surface area contributed by atoms with Crippen LogP contribution in [0.2, 0.25) is 0 Å². The Kier molecular flexibility index (Phi) is 6.50. The Morgan fingerprint density at radius 1 is 0.647 bits per heavy atom. The fourth-order valence-electron chi connectivity index (χ4n) is 8.00. The molecule has 1 N–H and O–H groups in total. The van der Waals surface area contributed by atoms with E-state index in [-0.39, 0.29) is 6.61 Å². The highest BCUT2D eigenvalue weighted by Crippen LogP contribution is 2.43. The summed E-state index contributed by atoms with van der Waals surface area (Å²) in [6.45, 7) is -0.0277. The van der Waals surface area contributed by atoms with Crippen LogP contribution in [0.3, 0.4) is 0 Å². The van der Waals surface area contributed by atoms with Gasteiger partial charge < -0.3 is 14.6 Å². The summed E-state index contributed by atoms with van der Waals surface area (Å²) in [7, 11) is 3.40. The molecule has 0 saturated heterocycles. The first-order valence-electron chi connectivity index (χ1n) is 17.0. The molecule has 0 fully saturated rings. The van der Waals surface area contributed by atoms with Gasteiger partial charge in [0.05, 0.1) is 26.4 Å². The zero-order valence-electron chi connectivity index (χ0n) is 28.1. The highest BCUT2D eigenvalue weighted by atomic mass is 16.5. The number of benzene rings is 8. The van der Waals surface area contributed by atoms with Gasteiger partial charge in [-0.2, -0.15) is 9.13 Å². The van der Waals surface area contributed by atoms with Crippen molar-refractivity contribution in [1.82, 2.24) is 9.55 Å². The third-order valence-electron chi connectivity index (χ3n) is 10.3. The molecule has 0 aliphatic rings. The van der Waals surface area contributed by atoms with Crippen LogP contribution in [0.5, 0.6) is 11.5 Å². The van der Waals surface area contributed by atoms with Crippen molar-refractivity contribution < 1.29 is 19.1 Å². The molecule has 51 heavy (non-hydrogen) atoms. The van der Waals surface area contributed by atoms with Crippen LogP contribution in [0, 0.1) is 0 Å². The predicted molar refractivity (Wildman–Crippen MR) is 206 cm³/mol. The second-order valence-corrected chi connectivity index (χ2v) is 13.0. The fraction of sp³-hybridized carbons (Fsp3) is 0.0667. The number of hydrogen-bond acceptors (Lipinski definition) is 4. The van der Waals surface area contributed by atoms with Gasteiger partial charge in [-0.3, -0.25) is 0 Å². The summed E-state index contributed by atoms with van der Waals surface area (Å²) in [4.78, 5) is 5.45. The number of rotatable bonds is 6. The Balaban J connectivity index is 1.50. The topological polar surface area (TPSA) is 60.4 Å². The lowest BCUT2D eigenvalue weighted by atomic mass is 9.92. The number of para-hydroxylation sites is 2. The van der Waals surface area contributed by atoms with Gasteiger partial charge in [0.15, 0.2) is 11.0 Å². The average molecular weight is 663 g/mol. The summed E-state index contributed by atoms with van der Waals surface area (Å²) >= 11 is 0. The van der Waals surface area contributed by atoms with E-state index in [1.807, 2.05) is 30.3 Å². The molecule has 0 radical (unpaired) electrons. The third-order valence-corrected chi connectivity index (χ3v) is 10.3. The summed E-state index contributed by atoms with van der Waals surface area (Å²) in [6.07, 6.45) is 0. The summed E-state index contributed by atoms with van der Waals surface area (Å²) < 4.78 is 16.2. The zero-order chi connectivity index (χ0) is 34.2. The maximum absolute atomic E-state index is 9.98. The van der Waals surface area contributed by atoms with Gasteiger partial charge in [0, 0.05) is 21.5 Å². The van der Waals surface area contributed by atoms with E-state index in [9.17, 15) is 5.11 Å². The van der Waals surface area contributed by atoms with Crippen molar-refractivity contribution >= 4 is 65.3 Å². The first kappa shape index (κ1) is 29.4. The van der Waals surface area contributed by atoms with E-state index >= 15 is 0 Å².